The van der Waals surface area contributed by atoms with Gasteiger partial charge in [-0.05, 0) is 29.8 Å². The van der Waals surface area contributed by atoms with Crippen molar-refractivity contribution in [2.45, 2.75) is 6.54 Å². The molecule has 0 saturated carbocycles. The number of benzene rings is 2. The summed E-state index contributed by atoms with van der Waals surface area (Å²) >= 11 is 0. The normalized spacial score (nSPS) is 13.5. The van der Waals surface area contributed by atoms with Crippen LogP contribution in [0.25, 0.3) is 0 Å². The van der Waals surface area contributed by atoms with Gasteiger partial charge in [-0.2, -0.15) is 0 Å². The van der Waals surface area contributed by atoms with Gasteiger partial charge in [-0.1, -0.05) is 24.3 Å². The largest absolute Gasteiger partial charge is 0.497 e. The monoisotopic (exact) mass is 282 g/mol. The second kappa shape index (κ2) is 5.38. The van der Waals surface area contributed by atoms with Crippen molar-refractivity contribution < 1.29 is 14.3 Å². The van der Waals surface area contributed by atoms with Crippen LogP contribution in [0.3, 0.4) is 0 Å². The van der Waals surface area contributed by atoms with E-state index in [9.17, 15) is 9.59 Å². The van der Waals surface area contributed by atoms with Crippen molar-refractivity contribution in [2.75, 3.05) is 7.11 Å². The Morgan fingerprint density at radius 1 is 0.952 bits per heavy atom. The third kappa shape index (κ3) is 2.39. The van der Waals surface area contributed by atoms with E-state index in [1.165, 1.54) is 0 Å². The molecule has 0 fully saturated rings. The van der Waals surface area contributed by atoms with Crippen molar-refractivity contribution in [2.24, 2.45) is 0 Å². The molecule has 1 heterocycles. The molecule has 0 aromatic heterocycles. The fourth-order valence-corrected chi connectivity index (χ4v) is 2.25. The highest BCUT2D eigenvalue weighted by atomic mass is 16.5. The van der Waals surface area contributed by atoms with Crippen LogP contribution >= 0.6 is 0 Å². The van der Waals surface area contributed by atoms with Crippen molar-refractivity contribution >= 4 is 11.8 Å². The lowest BCUT2D eigenvalue weighted by Gasteiger charge is -2.15. The van der Waals surface area contributed by atoms with Gasteiger partial charge in [0.25, 0.3) is 11.8 Å². The molecule has 2 aromatic rings. The zero-order valence-corrected chi connectivity index (χ0v) is 11.5. The number of hydrogen-bond donors (Lipinski definition) is 1. The highest BCUT2D eigenvalue weighted by Crippen LogP contribution is 2.21. The molecule has 2 aromatic carbocycles. The van der Waals surface area contributed by atoms with Gasteiger partial charge in [0.2, 0.25) is 0 Å². The van der Waals surface area contributed by atoms with Gasteiger partial charge in [0, 0.05) is 6.54 Å². The average Bonchev–Trinajstić information content (AvgIpc) is 2.78. The smallest absolute Gasteiger partial charge is 0.276 e. The molecular formula is C16H14N2O3. The lowest BCUT2D eigenvalue weighted by molar-refractivity contribution is 0.0562. The summed E-state index contributed by atoms with van der Waals surface area (Å²) in [6.07, 6.45) is 0. The Kier molecular flexibility index (Phi) is 3.41. The molecule has 3 rings (SSSR count). The maximum Gasteiger partial charge on any atom is 0.276 e. The number of nitrogens with zero attached hydrogens (tertiary/aromatic N) is 1. The summed E-state index contributed by atoms with van der Waals surface area (Å²) in [5.74, 6) is 0.132. The molecule has 0 atom stereocenters. The van der Waals surface area contributed by atoms with Crippen LogP contribution < -0.4 is 10.2 Å². The molecule has 5 heteroatoms. The van der Waals surface area contributed by atoms with E-state index in [0.29, 0.717) is 17.7 Å². The van der Waals surface area contributed by atoms with Crippen LogP contribution in [-0.4, -0.2) is 23.9 Å². The Labute approximate surface area is 122 Å². The molecule has 1 aliphatic rings. The lowest BCUT2D eigenvalue weighted by Crippen LogP contribution is -2.41. The quantitative estimate of drug-likeness (QED) is 0.871. The average molecular weight is 282 g/mol. The SMILES string of the molecule is COc1ccc(CNN2C(=O)c3ccccc3C2=O)cc1. The topological polar surface area (TPSA) is 58.6 Å². The molecule has 21 heavy (non-hydrogen) atoms. The molecule has 0 bridgehead atoms. The van der Waals surface area contributed by atoms with E-state index in [1.54, 1.807) is 31.4 Å². The minimum atomic E-state index is -0.316. The summed E-state index contributed by atoms with van der Waals surface area (Å²) in [6, 6.07) is 14.2. The molecule has 2 amide bonds. The first-order valence-electron chi connectivity index (χ1n) is 6.55. The standard InChI is InChI=1S/C16H14N2O3/c1-21-12-8-6-11(7-9-12)10-17-18-15(19)13-4-2-3-5-14(13)16(18)20/h2-9,17H,10H2,1H3. The van der Waals surface area contributed by atoms with Crippen LogP contribution in [0, 0.1) is 0 Å². The summed E-state index contributed by atoms with van der Waals surface area (Å²) < 4.78 is 5.08. The molecular weight excluding hydrogens is 268 g/mol. The second-order valence-corrected chi connectivity index (χ2v) is 4.67. The highest BCUT2D eigenvalue weighted by molar-refractivity contribution is 6.20. The number of hydrazine groups is 1. The van der Waals surface area contributed by atoms with Crippen LogP contribution in [0.15, 0.2) is 48.5 Å². The number of amides is 2. The number of imide groups is 1. The van der Waals surface area contributed by atoms with E-state index in [1.807, 2.05) is 24.3 Å². The number of fused-ring (bicyclic) bond motifs is 1. The first-order chi connectivity index (χ1) is 10.2. The number of rotatable bonds is 4. The van der Waals surface area contributed by atoms with Gasteiger partial charge in [0.1, 0.15) is 5.75 Å². The van der Waals surface area contributed by atoms with Gasteiger partial charge >= 0.3 is 0 Å². The van der Waals surface area contributed by atoms with Gasteiger partial charge < -0.3 is 4.74 Å². The van der Waals surface area contributed by atoms with Crippen molar-refractivity contribution in [3.63, 3.8) is 0 Å². The third-order valence-corrected chi connectivity index (χ3v) is 3.39. The van der Waals surface area contributed by atoms with Crippen LogP contribution in [-0.2, 0) is 6.54 Å². The first kappa shape index (κ1) is 13.3. The van der Waals surface area contributed by atoms with Gasteiger partial charge in [0.15, 0.2) is 0 Å². The first-order valence-corrected chi connectivity index (χ1v) is 6.55. The summed E-state index contributed by atoms with van der Waals surface area (Å²) in [6.45, 7) is 0.384. The molecule has 0 spiro atoms. The van der Waals surface area contributed by atoms with Gasteiger partial charge in [-0.15, -0.1) is 0 Å². The van der Waals surface area contributed by atoms with E-state index >= 15 is 0 Å². The molecule has 0 radical (unpaired) electrons. The van der Waals surface area contributed by atoms with Crippen LogP contribution in [0.5, 0.6) is 5.75 Å². The maximum atomic E-state index is 12.2. The zero-order valence-electron chi connectivity index (χ0n) is 11.5. The Bertz CT molecular complexity index is 660. The number of hydrogen-bond acceptors (Lipinski definition) is 4. The molecule has 1 N–H and O–H groups in total. The number of carbonyl (C=O) groups excluding carboxylic acids is 2. The summed E-state index contributed by atoms with van der Waals surface area (Å²) in [5, 5.41) is 1.06. The molecule has 0 aliphatic carbocycles. The van der Waals surface area contributed by atoms with Crippen molar-refractivity contribution in [3.05, 3.63) is 65.2 Å². The molecule has 1 aliphatic heterocycles. The van der Waals surface area contributed by atoms with E-state index in [0.717, 1.165) is 16.3 Å². The Morgan fingerprint density at radius 3 is 2.05 bits per heavy atom. The Balaban J connectivity index is 1.72. The second-order valence-electron chi connectivity index (χ2n) is 4.67. The fraction of sp³-hybridized carbons (Fsp3) is 0.125. The summed E-state index contributed by atoms with van der Waals surface area (Å²) in [4.78, 5) is 24.3. The summed E-state index contributed by atoms with van der Waals surface area (Å²) in [5.41, 5.74) is 4.70. The third-order valence-electron chi connectivity index (χ3n) is 3.39. The Morgan fingerprint density at radius 2 is 1.52 bits per heavy atom. The minimum Gasteiger partial charge on any atom is -0.497 e. The number of nitrogens with one attached hydrogen (secondary N) is 1. The number of ether oxygens (including phenoxy) is 1. The van der Waals surface area contributed by atoms with Crippen molar-refractivity contribution in [3.8, 4) is 5.75 Å². The van der Waals surface area contributed by atoms with E-state index in [-0.39, 0.29) is 11.8 Å². The fourth-order valence-electron chi connectivity index (χ4n) is 2.25. The molecule has 0 saturated heterocycles. The zero-order chi connectivity index (χ0) is 14.8. The van der Waals surface area contributed by atoms with Gasteiger partial charge in [-0.3, -0.25) is 9.59 Å². The molecule has 0 unspecified atom stereocenters. The Hall–Kier alpha value is -2.66. The van der Waals surface area contributed by atoms with E-state index in [2.05, 4.69) is 5.43 Å². The number of methoxy groups -OCH3 is 1. The highest BCUT2D eigenvalue weighted by Gasteiger charge is 2.35. The molecule has 106 valence electrons. The van der Waals surface area contributed by atoms with Crippen molar-refractivity contribution in [1.82, 2.24) is 10.4 Å². The van der Waals surface area contributed by atoms with Gasteiger partial charge in [-0.25, -0.2) is 10.4 Å². The summed E-state index contributed by atoms with van der Waals surface area (Å²) in [7, 11) is 1.60. The van der Waals surface area contributed by atoms with Gasteiger partial charge in [0.05, 0.1) is 18.2 Å². The predicted molar refractivity (Wildman–Crippen MR) is 76.8 cm³/mol. The van der Waals surface area contributed by atoms with Crippen LogP contribution in [0.1, 0.15) is 26.3 Å². The number of carbonyl (C=O) groups is 2. The lowest BCUT2D eigenvalue weighted by atomic mass is 10.1. The van der Waals surface area contributed by atoms with E-state index in [4.69, 9.17) is 4.74 Å². The molecule has 5 nitrogen and oxygen atoms in total. The maximum absolute atomic E-state index is 12.2. The van der Waals surface area contributed by atoms with E-state index < -0.39 is 0 Å². The minimum absolute atomic E-state index is 0.316. The van der Waals surface area contributed by atoms with Crippen LogP contribution in [0.2, 0.25) is 0 Å². The van der Waals surface area contributed by atoms with Crippen LogP contribution in [0.4, 0.5) is 0 Å². The predicted octanol–water partition coefficient (Wildman–Crippen LogP) is 2.00. The van der Waals surface area contributed by atoms with Crippen molar-refractivity contribution in [1.29, 1.82) is 0 Å².